The standard InChI is InChI=1S/C14H16O/c1-9(2)10-3-4-12-11(7-10)13(15)8-14(12)5-6-14/h3-4,7,9H,5-6,8H2,1-2H3. The predicted octanol–water partition coefficient (Wildman–Crippen LogP) is 3.43. The second-order valence-corrected chi connectivity index (χ2v) is 5.34. The van der Waals surface area contributed by atoms with Gasteiger partial charge in [0, 0.05) is 17.4 Å². The summed E-state index contributed by atoms with van der Waals surface area (Å²) in [5, 5.41) is 0. The van der Waals surface area contributed by atoms with Crippen LogP contribution in [0.3, 0.4) is 0 Å². The molecule has 1 fully saturated rings. The summed E-state index contributed by atoms with van der Waals surface area (Å²) in [6, 6.07) is 6.51. The van der Waals surface area contributed by atoms with Gasteiger partial charge in [-0.3, -0.25) is 4.79 Å². The Morgan fingerprint density at radius 1 is 1.27 bits per heavy atom. The van der Waals surface area contributed by atoms with Crippen molar-refractivity contribution in [2.75, 3.05) is 0 Å². The van der Waals surface area contributed by atoms with Crippen LogP contribution in [0.15, 0.2) is 18.2 Å². The van der Waals surface area contributed by atoms with Crippen LogP contribution < -0.4 is 0 Å². The van der Waals surface area contributed by atoms with E-state index in [1.165, 1.54) is 24.0 Å². The fraction of sp³-hybridized carbons (Fsp3) is 0.500. The van der Waals surface area contributed by atoms with Crippen molar-refractivity contribution in [1.29, 1.82) is 0 Å². The summed E-state index contributed by atoms with van der Waals surface area (Å²) in [4.78, 5) is 11.9. The van der Waals surface area contributed by atoms with Crippen LogP contribution in [0, 0.1) is 0 Å². The molecular formula is C14H16O. The van der Waals surface area contributed by atoms with E-state index in [2.05, 4.69) is 32.0 Å². The van der Waals surface area contributed by atoms with Gasteiger partial charge in [-0.1, -0.05) is 26.0 Å². The Hall–Kier alpha value is -1.11. The van der Waals surface area contributed by atoms with Gasteiger partial charge >= 0.3 is 0 Å². The fourth-order valence-electron chi connectivity index (χ4n) is 2.71. The molecule has 78 valence electrons. The summed E-state index contributed by atoms with van der Waals surface area (Å²) in [6.45, 7) is 4.35. The van der Waals surface area contributed by atoms with Gasteiger partial charge < -0.3 is 0 Å². The Bertz CT molecular complexity index is 439. The molecule has 1 nitrogen and oxygen atoms in total. The van der Waals surface area contributed by atoms with Crippen molar-refractivity contribution in [2.24, 2.45) is 0 Å². The minimum absolute atomic E-state index is 0.280. The van der Waals surface area contributed by atoms with Crippen LogP contribution >= 0.6 is 0 Å². The van der Waals surface area contributed by atoms with Crippen molar-refractivity contribution in [3.05, 3.63) is 34.9 Å². The van der Waals surface area contributed by atoms with Crippen LogP contribution in [0.4, 0.5) is 0 Å². The van der Waals surface area contributed by atoms with Gasteiger partial charge in [0.1, 0.15) is 0 Å². The molecular weight excluding hydrogens is 184 g/mol. The predicted molar refractivity (Wildman–Crippen MR) is 60.4 cm³/mol. The molecule has 0 atom stereocenters. The van der Waals surface area contributed by atoms with Gasteiger partial charge in [0.25, 0.3) is 0 Å². The highest BCUT2D eigenvalue weighted by Gasteiger charge is 2.51. The van der Waals surface area contributed by atoms with E-state index >= 15 is 0 Å². The van der Waals surface area contributed by atoms with Crippen molar-refractivity contribution >= 4 is 5.78 Å². The molecule has 15 heavy (non-hydrogen) atoms. The number of carbonyl (C=O) groups is 1. The minimum atomic E-state index is 0.280. The number of hydrogen-bond acceptors (Lipinski definition) is 1. The summed E-state index contributed by atoms with van der Waals surface area (Å²) >= 11 is 0. The zero-order chi connectivity index (χ0) is 10.6. The molecule has 0 aliphatic heterocycles. The Kier molecular flexibility index (Phi) is 1.66. The van der Waals surface area contributed by atoms with Crippen LogP contribution in [-0.4, -0.2) is 5.78 Å². The maximum atomic E-state index is 11.9. The average Bonchev–Trinajstić information content (AvgIpc) is 2.91. The van der Waals surface area contributed by atoms with E-state index in [1.807, 2.05) is 0 Å². The van der Waals surface area contributed by atoms with Crippen LogP contribution in [-0.2, 0) is 5.41 Å². The first-order chi connectivity index (χ1) is 7.12. The summed E-state index contributed by atoms with van der Waals surface area (Å²) in [7, 11) is 0. The smallest absolute Gasteiger partial charge is 0.164 e. The lowest BCUT2D eigenvalue weighted by atomic mass is 9.94. The van der Waals surface area contributed by atoms with E-state index in [1.54, 1.807) is 0 Å². The second kappa shape index (κ2) is 2.72. The second-order valence-electron chi connectivity index (χ2n) is 5.34. The van der Waals surface area contributed by atoms with E-state index in [9.17, 15) is 4.79 Å². The molecule has 1 spiro atoms. The first-order valence-electron chi connectivity index (χ1n) is 5.80. The Morgan fingerprint density at radius 3 is 2.60 bits per heavy atom. The largest absolute Gasteiger partial charge is 0.294 e. The van der Waals surface area contributed by atoms with E-state index in [0.29, 0.717) is 11.7 Å². The molecule has 1 aromatic carbocycles. The van der Waals surface area contributed by atoms with Crippen LogP contribution in [0.2, 0.25) is 0 Å². The van der Waals surface area contributed by atoms with E-state index in [4.69, 9.17) is 0 Å². The summed E-state index contributed by atoms with van der Waals surface area (Å²) in [5.74, 6) is 0.879. The number of Topliss-reactive ketones (excluding diaryl/α,β-unsaturated/α-hetero) is 1. The molecule has 0 unspecified atom stereocenters. The number of carbonyl (C=O) groups excluding carboxylic acids is 1. The van der Waals surface area contributed by atoms with Crippen molar-refractivity contribution in [2.45, 2.75) is 44.4 Å². The molecule has 0 amide bonds. The van der Waals surface area contributed by atoms with Gasteiger partial charge in [-0.15, -0.1) is 0 Å². The molecule has 0 heterocycles. The molecule has 0 bridgehead atoms. The van der Waals surface area contributed by atoms with E-state index < -0.39 is 0 Å². The highest BCUT2D eigenvalue weighted by atomic mass is 16.1. The third-order valence-electron chi connectivity index (χ3n) is 3.93. The Balaban J connectivity index is 2.13. The number of benzene rings is 1. The molecule has 2 aliphatic rings. The third kappa shape index (κ3) is 1.19. The zero-order valence-corrected chi connectivity index (χ0v) is 9.34. The molecule has 0 N–H and O–H groups in total. The van der Waals surface area contributed by atoms with Gasteiger partial charge in [0.05, 0.1) is 0 Å². The first kappa shape index (κ1) is 9.14. The van der Waals surface area contributed by atoms with Gasteiger partial charge in [-0.25, -0.2) is 0 Å². The van der Waals surface area contributed by atoms with E-state index in [-0.39, 0.29) is 5.41 Å². The monoisotopic (exact) mass is 200 g/mol. The SMILES string of the molecule is CC(C)c1ccc2c(c1)C(=O)CC21CC1. The highest BCUT2D eigenvalue weighted by molar-refractivity contribution is 6.03. The van der Waals surface area contributed by atoms with Crippen molar-refractivity contribution in [3.63, 3.8) is 0 Å². The first-order valence-corrected chi connectivity index (χ1v) is 5.80. The van der Waals surface area contributed by atoms with Crippen LogP contribution in [0.5, 0.6) is 0 Å². The minimum Gasteiger partial charge on any atom is -0.294 e. The summed E-state index contributed by atoms with van der Waals surface area (Å²) in [6.07, 6.45) is 3.20. The molecule has 0 radical (unpaired) electrons. The van der Waals surface area contributed by atoms with Gasteiger partial charge in [-0.2, -0.15) is 0 Å². The van der Waals surface area contributed by atoms with Gasteiger partial charge in [-0.05, 0) is 36.0 Å². The van der Waals surface area contributed by atoms with Crippen molar-refractivity contribution in [3.8, 4) is 0 Å². The van der Waals surface area contributed by atoms with Gasteiger partial charge in [0.2, 0.25) is 0 Å². The summed E-state index contributed by atoms with van der Waals surface area (Å²) in [5.41, 5.74) is 3.91. The quantitative estimate of drug-likeness (QED) is 0.678. The Morgan fingerprint density at radius 2 is 2.00 bits per heavy atom. The number of hydrogen-bond donors (Lipinski definition) is 0. The van der Waals surface area contributed by atoms with Gasteiger partial charge in [0.15, 0.2) is 5.78 Å². The lowest BCUT2D eigenvalue weighted by Crippen LogP contribution is -2.00. The topological polar surface area (TPSA) is 17.1 Å². The molecule has 1 aromatic rings. The normalized spacial score (nSPS) is 21.1. The van der Waals surface area contributed by atoms with Crippen LogP contribution in [0.25, 0.3) is 0 Å². The molecule has 2 aliphatic carbocycles. The number of rotatable bonds is 1. The molecule has 3 rings (SSSR count). The molecule has 1 heteroatoms. The fourth-order valence-corrected chi connectivity index (χ4v) is 2.71. The average molecular weight is 200 g/mol. The number of ketones is 1. The van der Waals surface area contributed by atoms with Crippen molar-refractivity contribution < 1.29 is 4.79 Å². The lowest BCUT2D eigenvalue weighted by molar-refractivity contribution is 0.0986. The summed E-state index contributed by atoms with van der Waals surface area (Å²) < 4.78 is 0. The van der Waals surface area contributed by atoms with Crippen molar-refractivity contribution in [1.82, 2.24) is 0 Å². The maximum absolute atomic E-state index is 11.9. The molecule has 0 saturated heterocycles. The molecule has 0 aromatic heterocycles. The highest BCUT2D eigenvalue weighted by Crippen LogP contribution is 2.56. The lowest BCUT2D eigenvalue weighted by Gasteiger charge is -2.10. The van der Waals surface area contributed by atoms with Crippen LogP contribution in [0.1, 0.15) is 60.5 Å². The maximum Gasteiger partial charge on any atom is 0.164 e. The zero-order valence-electron chi connectivity index (χ0n) is 9.34. The molecule has 1 saturated carbocycles. The van der Waals surface area contributed by atoms with E-state index in [0.717, 1.165) is 12.0 Å². The Labute approximate surface area is 90.5 Å². The third-order valence-corrected chi connectivity index (χ3v) is 3.93. The number of fused-ring (bicyclic) bond motifs is 2.